The second kappa shape index (κ2) is 8.75. The fourth-order valence-electron chi connectivity index (χ4n) is 1.72. The molecule has 2 N–H and O–H groups in total. The molecule has 1 rings (SSSR count). The molecule has 0 spiro atoms. The molecule has 0 fully saturated rings. The molecule has 1 aromatic carbocycles. The number of carbonyl (C=O) groups is 2. The molecule has 0 atom stereocenters. The number of hydrogen-bond acceptors (Lipinski definition) is 4. The molecule has 8 heteroatoms. The Bertz CT molecular complexity index is 614. The smallest absolute Gasteiger partial charge is 0.251 e. The lowest BCUT2D eigenvalue weighted by Crippen LogP contribution is -2.37. The van der Waals surface area contributed by atoms with Crippen LogP contribution < -0.4 is 10.6 Å². The summed E-state index contributed by atoms with van der Waals surface area (Å²) in [6.07, 6.45) is 0.479. The Hall–Kier alpha value is -1.60. The molecule has 0 heterocycles. The van der Waals surface area contributed by atoms with Crippen LogP contribution in [0.2, 0.25) is 5.02 Å². The van der Waals surface area contributed by atoms with Gasteiger partial charge in [0.05, 0.1) is 5.75 Å². The van der Waals surface area contributed by atoms with Gasteiger partial charge in [-0.2, -0.15) is 0 Å². The number of benzene rings is 1. The van der Waals surface area contributed by atoms with Crippen molar-refractivity contribution in [3.63, 3.8) is 0 Å². The molecule has 22 heavy (non-hydrogen) atoms. The molecular formula is C14H19ClN2O4S. The normalized spacial score (nSPS) is 11.0. The number of nitrogens with one attached hydrogen (secondary N) is 2. The van der Waals surface area contributed by atoms with Gasteiger partial charge in [0.2, 0.25) is 5.91 Å². The van der Waals surface area contributed by atoms with Crippen molar-refractivity contribution in [2.45, 2.75) is 13.3 Å². The molecule has 0 bridgehead atoms. The Labute approximate surface area is 135 Å². The van der Waals surface area contributed by atoms with E-state index in [0.717, 1.165) is 0 Å². The number of rotatable bonds is 8. The molecule has 1 aromatic rings. The van der Waals surface area contributed by atoms with E-state index in [-0.39, 0.29) is 24.7 Å². The fourth-order valence-corrected chi connectivity index (χ4v) is 3.11. The van der Waals surface area contributed by atoms with Crippen molar-refractivity contribution in [3.8, 4) is 0 Å². The minimum atomic E-state index is -3.34. The van der Waals surface area contributed by atoms with Crippen molar-refractivity contribution in [2.75, 3.05) is 24.6 Å². The van der Waals surface area contributed by atoms with E-state index in [0.29, 0.717) is 17.0 Å². The summed E-state index contributed by atoms with van der Waals surface area (Å²) in [6.45, 7) is 2.11. The lowest BCUT2D eigenvalue weighted by Gasteiger charge is -2.07. The second-order valence-corrected chi connectivity index (χ2v) is 7.33. The monoisotopic (exact) mass is 346 g/mol. The zero-order valence-electron chi connectivity index (χ0n) is 12.3. The SMILES string of the molecule is CCCS(=O)(=O)CC(=O)NCCNC(=O)c1ccc(Cl)cc1. The standard InChI is InChI=1S/C14H19ClN2O4S/c1-2-9-22(20,21)10-13(18)16-7-8-17-14(19)11-3-5-12(15)6-4-11/h3-6H,2,7-10H2,1H3,(H,16,18)(H,17,19). The van der Waals surface area contributed by atoms with Gasteiger partial charge in [-0.05, 0) is 30.7 Å². The highest BCUT2D eigenvalue weighted by molar-refractivity contribution is 7.92. The van der Waals surface area contributed by atoms with Crippen molar-refractivity contribution < 1.29 is 18.0 Å². The highest BCUT2D eigenvalue weighted by Gasteiger charge is 2.15. The Morgan fingerprint density at radius 3 is 2.27 bits per heavy atom. The topological polar surface area (TPSA) is 92.3 Å². The molecule has 0 unspecified atom stereocenters. The molecule has 0 radical (unpaired) electrons. The van der Waals surface area contributed by atoms with Crippen LogP contribution in [0.1, 0.15) is 23.7 Å². The lowest BCUT2D eigenvalue weighted by atomic mass is 10.2. The Morgan fingerprint density at radius 2 is 1.68 bits per heavy atom. The Kier molecular flexibility index (Phi) is 7.34. The van der Waals surface area contributed by atoms with Crippen molar-refractivity contribution in [1.82, 2.24) is 10.6 Å². The Morgan fingerprint density at radius 1 is 1.09 bits per heavy atom. The zero-order chi connectivity index (χ0) is 16.6. The first-order chi connectivity index (χ1) is 10.3. The summed E-state index contributed by atoms with van der Waals surface area (Å²) < 4.78 is 22.9. The largest absolute Gasteiger partial charge is 0.353 e. The molecule has 122 valence electrons. The molecule has 0 saturated carbocycles. The second-order valence-electron chi connectivity index (χ2n) is 4.70. The van der Waals surface area contributed by atoms with E-state index in [1.165, 1.54) is 0 Å². The molecule has 0 saturated heterocycles. The Balaban J connectivity index is 2.29. The first kappa shape index (κ1) is 18.4. The van der Waals surface area contributed by atoms with Crippen LogP contribution in [0.25, 0.3) is 0 Å². The van der Waals surface area contributed by atoms with Gasteiger partial charge in [-0.3, -0.25) is 9.59 Å². The molecular weight excluding hydrogens is 328 g/mol. The highest BCUT2D eigenvalue weighted by Crippen LogP contribution is 2.09. The first-order valence-electron chi connectivity index (χ1n) is 6.85. The zero-order valence-corrected chi connectivity index (χ0v) is 13.8. The molecule has 0 aromatic heterocycles. The van der Waals surface area contributed by atoms with Gasteiger partial charge in [0, 0.05) is 23.7 Å². The van der Waals surface area contributed by atoms with Crippen LogP contribution in [0.4, 0.5) is 0 Å². The predicted molar refractivity (Wildman–Crippen MR) is 85.7 cm³/mol. The number of carbonyl (C=O) groups excluding carboxylic acids is 2. The summed E-state index contributed by atoms with van der Waals surface area (Å²) in [5.41, 5.74) is 0.459. The summed E-state index contributed by atoms with van der Waals surface area (Å²) in [4.78, 5) is 23.2. The van der Waals surface area contributed by atoms with Gasteiger partial charge >= 0.3 is 0 Å². The van der Waals surface area contributed by atoms with Crippen molar-refractivity contribution in [2.24, 2.45) is 0 Å². The average molecular weight is 347 g/mol. The van der Waals surface area contributed by atoms with Crippen molar-refractivity contribution in [1.29, 1.82) is 0 Å². The van der Waals surface area contributed by atoms with Gasteiger partial charge in [0.25, 0.3) is 5.91 Å². The van der Waals surface area contributed by atoms with Crippen LogP contribution in [0.3, 0.4) is 0 Å². The van der Waals surface area contributed by atoms with E-state index in [9.17, 15) is 18.0 Å². The summed E-state index contributed by atoms with van der Waals surface area (Å²) in [5, 5.41) is 5.61. The van der Waals surface area contributed by atoms with Crippen molar-refractivity contribution in [3.05, 3.63) is 34.9 Å². The third kappa shape index (κ3) is 6.91. The first-order valence-corrected chi connectivity index (χ1v) is 9.05. The number of amides is 2. The van der Waals surface area contributed by atoms with E-state index >= 15 is 0 Å². The summed E-state index contributed by atoms with van der Waals surface area (Å²) in [6, 6.07) is 6.40. The van der Waals surface area contributed by atoms with Crippen molar-refractivity contribution >= 4 is 33.3 Å². The average Bonchev–Trinajstić information content (AvgIpc) is 2.43. The van der Waals surface area contributed by atoms with E-state index in [1.54, 1.807) is 31.2 Å². The van der Waals surface area contributed by atoms with Gasteiger partial charge in [0.15, 0.2) is 9.84 Å². The maximum Gasteiger partial charge on any atom is 0.251 e. The van der Waals surface area contributed by atoms with E-state index < -0.39 is 21.5 Å². The van der Waals surface area contributed by atoms with Crippen LogP contribution >= 0.6 is 11.6 Å². The predicted octanol–water partition coefficient (Wildman–Crippen LogP) is 1.01. The van der Waals surface area contributed by atoms with E-state index in [2.05, 4.69) is 10.6 Å². The molecule has 0 aliphatic carbocycles. The van der Waals surface area contributed by atoms with Crippen LogP contribution in [-0.4, -0.2) is 44.8 Å². The lowest BCUT2D eigenvalue weighted by molar-refractivity contribution is -0.118. The third-order valence-electron chi connectivity index (χ3n) is 2.71. The van der Waals surface area contributed by atoms with Gasteiger partial charge in [-0.15, -0.1) is 0 Å². The van der Waals surface area contributed by atoms with Crippen LogP contribution in [0.5, 0.6) is 0 Å². The molecule has 0 aliphatic rings. The van der Waals surface area contributed by atoms with Gasteiger partial charge in [-0.25, -0.2) is 8.42 Å². The van der Waals surface area contributed by atoms with Crippen LogP contribution in [-0.2, 0) is 14.6 Å². The summed E-state index contributed by atoms with van der Waals surface area (Å²) in [5.74, 6) is -1.38. The maximum absolute atomic E-state index is 11.8. The highest BCUT2D eigenvalue weighted by atomic mass is 35.5. The molecule has 6 nitrogen and oxygen atoms in total. The number of halogens is 1. The fraction of sp³-hybridized carbons (Fsp3) is 0.429. The van der Waals surface area contributed by atoms with Gasteiger partial charge in [-0.1, -0.05) is 18.5 Å². The number of hydrogen-bond donors (Lipinski definition) is 2. The molecule has 0 aliphatic heterocycles. The van der Waals surface area contributed by atoms with E-state index in [1.807, 2.05) is 0 Å². The quantitative estimate of drug-likeness (QED) is 0.687. The van der Waals surface area contributed by atoms with Gasteiger partial charge in [0.1, 0.15) is 5.75 Å². The third-order valence-corrected chi connectivity index (χ3v) is 4.69. The van der Waals surface area contributed by atoms with Gasteiger partial charge < -0.3 is 10.6 Å². The summed E-state index contributed by atoms with van der Waals surface area (Å²) in [7, 11) is -3.34. The minimum Gasteiger partial charge on any atom is -0.353 e. The maximum atomic E-state index is 11.8. The number of sulfone groups is 1. The van der Waals surface area contributed by atoms with Crippen LogP contribution in [0.15, 0.2) is 24.3 Å². The van der Waals surface area contributed by atoms with E-state index in [4.69, 9.17) is 11.6 Å². The summed E-state index contributed by atoms with van der Waals surface area (Å²) >= 11 is 5.72. The van der Waals surface area contributed by atoms with Crippen LogP contribution in [0, 0.1) is 0 Å². The minimum absolute atomic E-state index is 0.00623. The molecule has 2 amide bonds.